The van der Waals surface area contributed by atoms with Gasteiger partial charge in [0.05, 0.1) is 11.6 Å². The fraction of sp³-hybridized carbons (Fsp3) is 0.172. The van der Waals surface area contributed by atoms with E-state index in [0.717, 1.165) is 30.1 Å². The zero-order valence-corrected chi connectivity index (χ0v) is 21.4. The zero-order valence-electron chi connectivity index (χ0n) is 20.6. The van der Waals surface area contributed by atoms with Gasteiger partial charge in [0.25, 0.3) is 10.1 Å². The lowest BCUT2D eigenvalue weighted by Crippen LogP contribution is -2.34. The van der Waals surface area contributed by atoms with Crippen LogP contribution in [-0.2, 0) is 16.7 Å². The number of hydrogen-bond acceptors (Lipinski definition) is 6. The molecule has 1 aliphatic heterocycles. The predicted molar refractivity (Wildman–Crippen MR) is 147 cm³/mol. The van der Waals surface area contributed by atoms with Crippen LogP contribution in [0.2, 0.25) is 0 Å². The summed E-state index contributed by atoms with van der Waals surface area (Å²) >= 11 is 0. The molecule has 2 N–H and O–H groups in total. The minimum atomic E-state index is -4.06. The quantitative estimate of drug-likeness (QED) is 0.368. The Kier molecular flexibility index (Phi) is 10.1. The van der Waals surface area contributed by atoms with Gasteiger partial charge >= 0.3 is 0 Å². The number of nitrogens with zero attached hydrogens (tertiary/aromatic N) is 2. The molecule has 0 saturated heterocycles. The molecule has 4 rings (SSSR count). The second-order valence-electron chi connectivity index (χ2n) is 8.43. The second-order valence-corrected chi connectivity index (χ2v) is 9.85. The molecule has 1 aliphatic rings. The molecule has 0 saturated carbocycles. The Bertz CT molecular complexity index is 1270. The van der Waals surface area contributed by atoms with Gasteiger partial charge in [-0.15, -0.1) is 0 Å². The Morgan fingerprint density at radius 1 is 0.865 bits per heavy atom. The molecule has 1 heterocycles. The topological polar surface area (TPSA) is 90.3 Å². The SMILES string of the molecule is C=Cc1ccc(CN2C=CN(CC(O)COc3ccccc3)C2)cc1.C=Cc1ccc(S(=O)(=O)O)cc1. The summed E-state index contributed by atoms with van der Waals surface area (Å²) in [6, 6.07) is 23.7. The minimum absolute atomic E-state index is 0.104. The van der Waals surface area contributed by atoms with Crippen molar-refractivity contribution in [3.05, 3.63) is 121 Å². The van der Waals surface area contributed by atoms with Crippen LogP contribution in [0, 0.1) is 0 Å². The first-order valence-electron chi connectivity index (χ1n) is 11.7. The summed E-state index contributed by atoms with van der Waals surface area (Å²) in [5.41, 5.74) is 3.19. The molecule has 37 heavy (non-hydrogen) atoms. The highest BCUT2D eigenvalue weighted by molar-refractivity contribution is 7.85. The summed E-state index contributed by atoms with van der Waals surface area (Å²) in [4.78, 5) is 4.21. The van der Waals surface area contributed by atoms with Crippen molar-refractivity contribution in [1.82, 2.24) is 9.80 Å². The third-order valence-electron chi connectivity index (χ3n) is 5.50. The minimum Gasteiger partial charge on any atom is -0.491 e. The van der Waals surface area contributed by atoms with E-state index in [1.807, 2.05) is 42.6 Å². The molecule has 8 heteroatoms. The molecular formula is C29H32N2O5S. The second kappa shape index (κ2) is 13.5. The average molecular weight is 521 g/mol. The Hall–Kier alpha value is -3.85. The van der Waals surface area contributed by atoms with Crippen molar-refractivity contribution >= 4 is 22.3 Å². The highest BCUT2D eigenvalue weighted by Crippen LogP contribution is 2.15. The summed E-state index contributed by atoms with van der Waals surface area (Å²) in [6.07, 6.45) is 6.99. The third kappa shape index (κ3) is 9.27. The molecule has 1 unspecified atom stereocenters. The van der Waals surface area contributed by atoms with Crippen LogP contribution in [0.15, 0.2) is 109 Å². The molecule has 0 amide bonds. The number of aliphatic hydroxyl groups is 1. The van der Waals surface area contributed by atoms with Gasteiger partial charge in [-0.05, 0) is 41.0 Å². The molecule has 0 spiro atoms. The van der Waals surface area contributed by atoms with Crippen LogP contribution in [0.3, 0.4) is 0 Å². The standard InChI is InChI=1S/C21H24N2O2.C8H8O3S/c1-2-18-8-10-19(11-9-18)14-22-12-13-23(17-22)15-20(24)16-25-21-6-4-3-5-7-21;1-2-7-3-5-8(6-4-7)12(9,10)11/h2-13,20,24H,1,14-17H2;2-6H,1H2,(H,9,10,11). The smallest absolute Gasteiger partial charge is 0.294 e. The van der Waals surface area contributed by atoms with Crippen LogP contribution in [0.1, 0.15) is 16.7 Å². The van der Waals surface area contributed by atoms with Gasteiger partial charge in [-0.3, -0.25) is 4.55 Å². The van der Waals surface area contributed by atoms with Crippen molar-refractivity contribution in [1.29, 1.82) is 0 Å². The molecule has 1 atom stereocenters. The van der Waals surface area contributed by atoms with Crippen LogP contribution in [0.4, 0.5) is 0 Å². The van der Waals surface area contributed by atoms with Gasteiger partial charge in [0, 0.05) is 25.5 Å². The van der Waals surface area contributed by atoms with E-state index in [9.17, 15) is 13.5 Å². The summed E-state index contributed by atoms with van der Waals surface area (Å²) in [6.45, 7) is 9.74. The van der Waals surface area contributed by atoms with Gasteiger partial charge in [-0.1, -0.05) is 79.9 Å². The summed E-state index contributed by atoms with van der Waals surface area (Å²) in [5.74, 6) is 0.781. The number of benzene rings is 3. The largest absolute Gasteiger partial charge is 0.491 e. The highest BCUT2D eigenvalue weighted by Gasteiger charge is 2.16. The maximum absolute atomic E-state index is 10.6. The van der Waals surface area contributed by atoms with E-state index in [1.54, 1.807) is 18.2 Å². The van der Waals surface area contributed by atoms with Crippen LogP contribution in [-0.4, -0.2) is 53.8 Å². The zero-order chi connectivity index (χ0) is 26.7. The number of para-hydroxylation sites is 1. The summed E-state index contributed by atoms with van der Waals surface area (Å²) in [5, 5.41) is 10.2. The van der Waals surface area contributed by atoms with Crippen molar-refractivity contribution in [3.8, 4) is 5.75 Å². The fourth-order valence-corrected chi connectivity index (χ4v) is 4.02. The molecule has 0 fully saturated rings. The average Bonchev–Trinajstić information content (AvgIpc) is 3.35. The number of aliphatic hydroxyl groups excluding tert-OH is 1. The Morgan fingerprint density at radius 3 is 2.00 bits per heavy atom. The monoisotopic (exact) mass is 520 g/mol. The van der Waals surface area contributed by atoms with Gasteiger partial charge < -0.3 is 19.6 Å². The summed E-state index contributed by atoms with van der Waals surface area (Å²) in [7, 11) is -4.06. The van der Waals surface area contributed by atoms with E-state index in [2.05, 4.69) is 53.4 Å². The third-order valence-corrected chi connectivity index (χ3v) is 6.37. The Labute approximate surface area is 219 Å². The first-order valence-corrected chi connectivity index (χ1v) is 13.1. The first kappa shape index (κ1) is 27.7. The van der Waals surface area contributed by atoms with Crippen LogP contribution in [0.5, 0.6) is 5.75 Å². The molecular weight excluding hydrogens is 488 g/mol. The van der Waals surface area contributed by atoms with E-state index in [4.69, 9.17) is 9.29 Å². The molecule has 0 aliphatic carbocycles. The van der Waals surface area contributed by atoms with Crippen molar-refractivity contribution in [2.75, 3.05) is 19.8 Å². The lowest BCUT2D eigenvalue weighted by Gasteiger charge is -2.23. The molecule has 3 aromatic rings. The van der Waals surface area contributed by atoms with Crippen LogP contribution < -0.4 is 4.74 Å². The van der Waals surface area contributed by atoms with Crippen molar-refractivity contribution in [2.24, 2.45) is 0 Å². The van der Waals surface area contributed by atoms with Gasteiger partial charge in [0.1, 0.15) is 18.5 Å². The normalized spacial score (nSPS) is 13.5. The van der Waals surface area contributed by atoms with Crippen LogP contribution >= 0.6 is 0 Å². The Balaban J connectivity index is 0.000000266. The maximum Gasteiger partial charge on any atom is 0.294 e. The lowest BCUT2D eigenvalue weighted by atomic mass is 10.1. The number of β-amino-alcohol motifs (C(OH)–C–C–N with tert-alkyl or cyclic N) is 1. The van der Waals surface area contributed by atoms with Gasteiger partial charge in [-0.2, -0.15) is 8.42 Å². The van der Waals surface area contributed by atoms with E-state index in [0.29, 0.717) is 6.54 Å². The lowest BCUT2D eigenvalue weighted by molar-refractivity contribution is 0.0760. The van der Waals surface area contributed by atoms with E-state index < -0.39 is 16.2 Å². The molecule has 0 bridgehead atoms. The van der Waals surface area contributed by atoms with Crippen molar-refractivity contribution in [3.63, 3.8) is 0 Å². The van der Waals surface area contributed by atoms with Gasteiger partial charge in [-0.25, -0.2) is 0 Å². The first-order chi connectivity index (χ1) is 17.8. The molecule has 7 nitrogen and oxygen atoms in total. The van der Waals surface area contributed by atoms with Crippen molar-refractivity contribution in [2.45, 2.75) is 17.5 Å². The molecule has 0 aromatic heterocycles. The number of rotatable bonds is 10. The van der Waals surface area contributed by atoms with E-state index in [1.165, 1.54) is 17.7 Å². The van der Waals surface area contributed by atoms with Gasteiger partial charge in [0.15, 0.2) is 0 Å². The van der Waals surface area contributed by atoms with Crippen molar-refractivity contribution < 1.29 is 22.8 Å². The maximum atomic E-state index is 10.6. The highest BCUT2D eigenvalue weighted by atomic mass is 32.2. The van der Waals surface area contributed by atoms with E-state index in [-0.39, 0.29) is 11.5 Å². The van der Waals surface area contributed by atoms with E-state index >= 15 is 0 Å². The Morgan fingerprint density at radius 2 is 1.43 bits per heavy atom. The predicted octanol–water partition coefficient (Wildman–Crippen LogP) is 4.89. The summed E-state index contributed by atoms with van der Waals surface area (Å²) < 4.78 is 35.3. The van der Waals surface area contributed by atoms with Gasteiger partial charge in [0.2, 0.25) is 0 Å². The molecule has 194 valence electrons. The number of hydrogen-bond donors (Lipinski definition) is 2. The number of ether oxygens (including phenoxy) is 1. The fourth-order valence-electron chi connectivity index (χ4n) is 3.54. The molecule has 0 radical (unpaired) electrons. The molecule has 3 aromatic carbocycles. The van der Waals surface area contributed by atoms with Crippen LogP contribution in [0.25, 0.3) is 12.2 Å².